The zero-order chi connectivity index (χ0) is 42.5. The van der Waals surface area contributed by atoms with Gasteiger partial charge in [0.2, 0.25) is 6.71 Å². The van der Waals surface area contributed by atoms with E-state index in [-0.39, 0.29) is 6.71 Å². The quantitative estimate of drug-likeness (QED) is 0.141. The molecule has 12 rings (SSSR count). The van der Waals surface area contributed by atoms with Crippen LogP contribution >= 0.6 is 0 Å². The summed E-state index contributed by atoms with van der Waals surface area (Å²) in [5.74, 6) is 0. The van der Waals surface area contributed by atoms with Crippen LogP contribution in [0.1, 0.15) is 22.3 Å². The van der Waals surface area contributed by atoms with Gasteiger partial charge in [-0.1, -0.05) is 224 Å². The highest BCUT2D eigenvalue weighted by Crippen LogP contribution is 2.54. The molecule has 0 amide bonds. The van der Waals surface area contributed by atoms with Gasteiger partial charge in [0.25, 0.3) is 0 Å². The first-order valence-corrected chi connectivity index (χ1v) is 22.2. The second-order valence-electron chi connectivity index (χ2n) is 16.8. The number of hydrogen-bond donors (Lipinski definition) is 0. The van der Waals surface area contributed by atoms with Crippen LogP contribution in [-0.4, -0.2) is 6.71 Å². The number of hydrogen-bond acceptors (Lipinski definition) is 2. The lowest BCUT2D eigenvalue weighted by atomic mass is 9.29. The van der Waals surface area contributed by atoms with Gasteiger partial charge >= 0.3 is 0 Å². The summed E-state index contributed by atoms with van der Waals surface area (Å²) in [6.45, 7) is -0.0331. The standard InChI is InChI=1S/C61H43BN2/c1-7-24-44(25-8-1)51-36-23-37-52(45-26-9-2-10-27-45)60(51)64-57-41-22-21-40-56(57)62-55-39-20-19-38-53(55)61(46-28-11-3-12-29-46,47-30-13-4-14-31-47)54-42-50(43-58(64)59(54)62)63(48-32-15-5-16-33-48)49-34-17-6-18-35-49/h1-43H. The molecule has 0 unspecified atom stereocenters. The molecule has 0 saturated heterocycles. The van der Waals surface area contributed by atoms with Crippen LogP contribution in [0.5, 0.6) is 0 Å². The van der Waals surface area contributed by atoms with Crippen molar-refractivity contribution in [3.05, 3.63) is 283 Å². The summed E-state index contributed by atoms with van der Waals surface area (Å²) < 4.78 is 0. The molecule has 2 heterocycles. The number of anilines is 6. The molecule has 10 aromatic carbocycles. The summed E-state index contributed by atoms with van der Waals surface area (Å²) in [4.78, 5) is 5.05. The molecule has 3 heteroatoms. The van der Waals surface area contributed by atoms with Crippen molar-refractivity contribution in [2.24, 2.45) is 0 Å². The smallest absolute Gasteiger partial charge is 0.247 e. The van der Waals surface area contributed by atoms with Crippen LogP contribution < -0.4 is 26.2 Å². The zero-order valence-corrected chi connectivity index (χ0v) is 35.3. The largest absolute Gasteiger partial charge is 0.310 e. The number of fused-ring (bicyclic) bond motifs is 4. The fourth-order valence-electron chi connectivity index (χ4n) is 10.8. The van der Waals surface area contributed by atoms with E-state index in [4.69, 9.17) is 0 Å². The third-order valence-corrected chi connectivity index (χ3v) is 13.4. The Labute approximate surface area is 376 Å². The summed E-state index contributed by atoms with van der Waals surface area (Å²) >= 11 is 0. The Morgan fingerprint density at radius 3 is 1.34 bits per heavy atom. The highest BCUT2D eigenvalue weighted by molar-refractivity contribution is 6.99. The van der Waals surface area contributed by atoms with Gasteiger partial charge in [-0.3, -0.25) is 0 Å². The van der Waals surface area contributed by atoms with Gasteiger partial charge < -0.3 is 9.80 Å². The maximum absolute atomic E-state index is 2.61. The van der Waals surface area contributed by atoms with Crippen LogP contribution in [0, 0.1) is 0 Å². The van der Waals surface area contributed by atoms with Gasteiger partial charge in [-0.15, -0.1) is 0 Å². The Hall–Kier alpha value is -8.14. The Morgan fingerprint density at radius 1 is 0.344 bits per heavy atom. The molecule has 300 valence electrons. The van der Waals surface area contributed by atoms with Crippen molar-refractivity contribution in [2.75, 3.05) is 9.80 Å². The van der Waals surface area contributed by atoms with Crippen LogP contribution in [0.25, 0.3) is 22.3 Å². The average molecular weight is 815 g/mol. The minimum absolute atomic E-state index is 0.0331. The van der Waals surface area contributed by atoms with E-state index in [1.807, 2.05) is 0 Å². The summed E-state index contributed by atoms with van der Waals surface area (Å²) in [7, 11) is 0. The molecule has 0 aliphatic carbocycles. The number of rotatable bonds is 8. The second-order valence-corrected chi connectivity index (χ2v) is 16.8. The van der Waals surface area contributed by atoms with Crippen LogP contribution in [0.4, 0.5) is 34.1 Å². The summed E-state index contributed by atoms with van der Waals surface area (Å²) in [5.41, 5.74) is 19.8. The maximum atomic E-state index is 2.61. The summed E-state index contributed by atoms with van der Waals surface area (Å²) in [5, 5.41) is 0. The first-order valence-electron chi connectivity index (χ1n) is 22.2. The van der Waals surface area contributed by atoms with E-state index in [2.05, 4.69) is 271 Å². The molecule has 0 spiro atoms. The third kappa shape index (κ3) is 5.89. The summed E-state index contributed by atoms with van der Waals surface area (Å²) in [6, 6.07) is 96.1. The van der Waals surface area contributed by atoms with Crippen LogP contribution in [0.3, 0.4) is 0 Å². The Bertz CT molecular complexity index is 3130. The fraction of sp³-hybridized carbons (Fsp3) is 0.0164. The molecule has 0 N–H and O–H groups in total. The monoisotopic (exact) mass is 814 g/mol. The third-order valence-electron chi connectivity index (χ3n) is 13.4. The lowest BCUT2D eigenvalue weighted by Gasteiger charge is -2.49. The van der Waals surface area contributed by atoms with Gasteiger partial charge in [0.05, 0.1) is 11.1 Å². The zero-order valence-electron chi connectivity index (χ0n) is 35.3. The second kappa shape index (κ2) is 15.6. The molecule has 2 nitrogen and oxygen atoms in total. The van der Waals surface area contributed by atoms with Crippen molar-refractivity contribution in [1.82, 2.24) is 0 Å². The molecule has 2 aliphatic heterocycles. The minimum Gasteiger partial charge on any atom is -0.310 e. The molecule has 0 aromatic heterocycles. The van der Waals surface area contributed by atoms with Crippen molar-refractivity contribution in [3.63, 3.8) is 0 Å². The molecule has 0 atom stereocenters. The molecular weight excluding hydrogens is 771 g/mol. The van der Waals surface area contributed by atoms with Gasteiger partial charge in [-0.25, -0.2) is 0 Å². The van der Waals surface area contributed by atoms with Crippen LogP contribution in [0.15, 0.2) is 261 Å². The van der Waals surface area contributed by atoms with Gasteiger partial charge in [-0.2, -0.15) is 0 Å². The average Bonchev–Trinajstić information content (AvgIpc) is 3.38. The lowest BCUT2D eigenvalue weighted by Crippen LogP contribution is -2.65. The van der Waals surface area contributed by atoms with Crippen LogP contribution in [-0.2, 0) is 5.41 Å². The van der Waals surface area contributed by atoms with E-state index < -0.39 is 5.41 Å². The van der Waals surface area contributed by atoms with E-state index in [1.54, 1.807) is 0 Å². The van der Waals surface area contributed by atoms with Crippen molar-refractivity contribution >= 4 is 57.2 Å². The normalized spacial score (nSPS) is 13.1. The predicted octanol–water partition coefficient (Wildman–Crippen LogP) is 13.5. The van der Waals surface area contributed by atoms with Crippen molar-refractivity contribution in [1.29, 1.82) is 0 Å². The fourth-order valence-corrected chi connectivity index (χ4v) is 10.8. The molecule has 0 fully saturated rings. The number of nitrogens with zero attached hydrogens (tertiary/aromatic N) is 2. The van der Waals surface area contributed by atoms with Crippen molar-refractivity contribution in [3.8, 4) is 22.3 Å². The van der Waals surface area contributed by atoms with E-state index in [0.717, 1.165) is 22.7 Å². The Balaban J connectivity index is 1.29. The van der Waals surface area contributed by atoms with E-state index >= 15 is 0 Å². The summed E-state index contributed by atoms with van der Waals surface area (Å²) in [6.07, 6.45) is 0. The first-order chi connectivity index (χ1) is 31.8. The van der Waals surface area contributed by atoms with E-state index in [0.29, 0.717) is 0 Å². The van der Waals surface area contributed by atoms with Gasteiger partial charge in [0, 0.05) is 39.6 Å². The number of benzene rings is 10. The van der Waals surface area contributed by atoms with Crippen molar-refractivity contribution < 1.29 is 0 Å². The lowest BCUT2D eigenvalue weighted by molar-refractivity contribution is 0.751. The van der Waals surface area contributed by atoms with Gasteiger partial charge in [-0.05, 0) is 86.8 Å². The van der Waals surface area contributed by atoms with E-state index in [9.17, 15) is 0 Å². The Morgan fingerprint density at radius 2 is 0.797 bits per heavy atom. The highest BCUT2D eigenvalue weighted by atomic mass is 15.2. The molecular formula is C61H43BN2. The van der Waals surface area contributed by atoms with Gasteiger partial charge in [0.1, 0.15) is 0 Å². The maximum Gasteiger partial charge on any atom is 0.247 e. The molecule has 0 bridgehead atoms. The van der Waals surface area contributed by atoms with Crippen molar-refractivity contribution in [2.45, 2.75) is 5.41 Å². The first kappa shape index (κ1) is 37.6. The molecule has 2 aliphatic rings. The molecule has 64 heavy (non-hydrogen) atoms. The Kier molecular flexibility index (Phi) is 9.20. The predicted molar refractivity (Wildman–Crippen MR) is 270 cm³/mol. The van der Waals surface area contributed by atoms with Crippen LogP contribution in [0.2, 0.25) is 0 Å². The molecule has 0 radical (unpaired) electrons. The highest BCUT2D eigenvalue weighted by Gasteiger charge is 2.52. The topological polar surface area (TPSA) is 6.48 Å². The molecule has 0 saturated carbocycles. The number of para-hydroxylation sites is 4. The SMILES string of the molecule is c1ccc(-c2cccc(-c3ccccc3)c2N2c3ccccc3B3c4ccccc4C(c4ccccc4)(c4ccccc4)c4cc(N(c5ccccc5)c5ccccc5)cc2c43)cc1. The van der Waals surface area contributed by atoms with Gasteiger partial charge in [0.15, 0.2) is 0 Å². The van der Waals surface area contributed by atoms with E-state index in [1.165, 1.54) is 72.3 Å². The minimum atomic E-state index is -0.673. The molecule has 10 aromatic rings.